The van der Waals surface area contributed by atoms with Crippen molar-refractivity contribution >= 4 is 30.4 Å². The first-order chi connectivity index (χ1) is 21.7. The number of piperidine rings is 1. The number of carbonyl (C=O) groups is 3. The second-order valence-corrected chi connectivity index (χ2v) is 15.1. The Hall–Kier alpha value is -2.89. The molecule has 8 atom stereocenters. The lowest BCUT2D eigenvalue weighted by atomic mass is 9.44. The van der Waals surface area contributed by atoms with Gasteiger partial charge in [0.05, 0.1) is 12.7 Å². The fourth-order valence-corrected chi connectivity index (χ4v) is 9.99. The molecule has 0 radical (unpaired) electrons. The summed E-state index contributed by atoms with van der Waals surface area (Å²) in [6.45, 7) is 13.1. The highest BCUT2D eigenvalue weighted by Crippen LogP contribution is 2.68. The van der Waals surface area contributed by atoms with Crippen molar-refractivity contribution in [2.75, 3.05) is 19.7 Å². The largest absolute Gasteiger partial charge is 0.491 e. The van der Waals surface area contributed by atoms with Crippen LogP contribution in [0.5, 0.6) is 5.75 Å². The van der Waals surface area contributed by atoms with Gasteiger partial charge in [0.25, 0.3) is 0 Å². The molecule has 1 saturated heterocycles. The maximum absolute atomic E-state index is 13.7. The smallest absolute Gasteiger partial charge is 0.482 e. The molecular weight excluding hydrogens is 589 g/mol. The Morgan fingerprint density at radius 2 is 1.89 bits per heavy atom. The van der Waals surface area contributed by atoms with Crippen molar-refractivity contribution in [1.82, 2.24) is 4.90 Å². The van der Waals surface area contributed by atoms with Gasteiger partial charge in [-0.15, -0.1) is 6.58 Å². The Morgan fingerprint density at radius 3 is 2.57 bits per heavy atom. The van der Waals surface area contributed by atoms with Crippen molar-refractivity contribution in [2.45, 2.75) is 97.4 Å². The summed E-state index contributed by atoms with van der Waals surface area (Å²) in [6, 6.07) is 3.56. The highest BCUT2D eigenvalue weighted by atomic mass is 16.6. The second kappa shape index (κ2) is 12.0. The summed E-state index contributed by atoms with van der Waals surface area (Å²) in [5.74, 6) is -0.201. The Labute approximate surface area is 271 Å². The van der Waals surface area contributed by atoms with Crippen LogP contribution in [0.25, 0.3) is 0 Å². The number of fused-ring (bicyclic) bond motifs is 1. The number of hydrogen-bond donors (Lipinski definition) is 3. The van der Waals surface area contributed by atoms with Crippen molar-refractivity contribution in [3.8, 4) is 5.75 Å². The molecule has 0 spiro atoms. The van der Waals surface area contributed by atoms with Crippen LogP contribution in [0.4, 0.5) is 4.79 Å². The number of rotatable bonds is 6. The van der Waals surface area contributed by atoms with Crippen LogP contribution in [0.3, 0.4) is 0 Å². The number of aliphatic hydroxyl groups excluding tert-OH is 1. The number of ether oxygens (including phenoxy) is 2. The molecule has 2 bridgehead atoms. The Balaban J connectivity index is 1.25. The van der Waals surface area contributed by atoms with E-state index in [2.05, 4.69) is 27.4 Å². The van der Waals surface area contributed by atoms with Crippen LogP contribution in [0.2, 0.25) is 0 Å². The summed E-state index contributed by atoms with van der Waals surface area (Å²) in [4.78, 5) is 40.1. The van der Waals surface area contributed by atoms with Crippen molar-refractivity contribution in [3.05, 3.63) is 35.9 Å². The van der Waals surface area contributed by atoms with E-state index in [9.17, 15) is 29.6 Å². The minimum atomic E-state index is -1.11. The van der Waals surface area contributed by atoms with Crippen LogP contribution >= 0.6 is 0 Å². The predicted molar refractivity (Wildman–Crippen MR) is 171 cm³/mol. The third-order valence-electron chi connectivity index (χ3n) is 13.1. The van der Waals surface area contributed by atoms with Crippen molar-refractivity contribution in [2.24, 2.45) is 34.0 Å². The lowest BCUT2D eigenvalue weighted by Gasteiger charge is -2.61. The number of hydrogen-bond acceptors (Lipinski definition) is 8. The number of amides is 1. The Kier molecular flexibility index (Phi) is 8.60. The summed E-state index contributed by atoms with van der Waals surface area (Å²) < 4.78 is 17.9. The zero-order chi connectivity index (χ0) is 33.2. The molecule has 2 heterocycles. The van der Waals surface area contributed by atoms with E-state index < -0.39 is 42.2 Å². The molecule has 10 nitrogen and oxygen atoms in total. The van der Waals surface area contributed by atoms with Gasteiger partial charge >= 0.3 is 19.2 Å². The molecule has 2 aliphatic heterocycles. The minimum Gasteiger partial charge on any atom is -0.482 e. The number of nitrogens with zero attached hydrogens (tertiary/aromatic N) is 1. The normalized spacial score (nSPS) is 37.6. The first-order valence-corrected chi connectivity index (χ1v) is 16.9. The average Bonchev–Trinajstić information content (AvgIpc) is 3.60. The number of aliphatic hydroxyl groups is 1. The predicted octanol–water partition coefficient (Wildman–Crippen LogP) is 4.05. The van der Waals surface area contributed by atoms with Gasteiger partial charge in [0, 0.05) is 36.3 Å². The summed E-state index contributed by atoms with van der Waals surface area (Å²) in [7, 11) is -1.11. The molecular formula is C35H48BNO9. The average molecular weight is 638 g/mol. The number of ketones is 1. The number of likely N-dealkylation sites (tertiary alicyclic amines) is 1. The first-order valence-electron chi connectivity index (χ1n) is 16.9. The van der Waals surface area contributed by atoms with Crippen LogP contribution in [0, 0.1) is 34.0 Å². The van der Waals surface area contributed by atoms with Crippen molar-refractivity contribution < 1.29 is 43.7 Å². The molecule has 3 N–H and O–H groups in total. The maximum atomic E-state index is 13.7. The molecule has 11 heteroatoms. The van der Waals surface area contributed by atoms with Gasteiger partial charge in [-0.1, -0.05) is 33.8 Å². The zero-order valence-electron chi connectivity index (χ0n) is 27.5. The van der Waals surface area contributed by atoms with E-state index in [1.54, 1.807) is 12.1 Å². The van der Waals surface area contributed by atoms with E-state index in [4.69, 9.17) is 14.1 Å². The van der Waals surface area contributed by atoms with Gasteiger partial charge in [0.15, 0.2) is 6.61 Å². The van der Waals surface area contributed by atoms with Crippen LogP contribution in [0.15, 0.2) is 24.8 Å². The molecule has 4 fully saturated rings. The molecule has 250 valence electrons. The van der Waals surface area contributed by atoms with E-state index in [1.807, 2.05) is 13.0 Å². The van der Waals surface area contributed by atoms with Crippen LogP contribution < -0.4 is 10.2 Å². The third kappa shape index (κ3) is 5.17. The number of esters is 1. The van der Waals surface area contributed by atoms with Crippen molar-refractivity contribution in [1.29, 1.82) is 0 Å². The third-order valence-corrected chi connectivity index (χ3v) is 13.1. The van der Waals surface area contributed by atoms with E-state index in [0.29, 0.717) is 50.0 Å². The van der Waals surface area contributed by atoms with Gasteiger partial charge < -0.3 is 34.3 Å². The van der Waals surface area contributed by atoms with Gasteiger partial charge in [-0.2, -0.15) is 0 Å². The van der Waals surface area contributed by atoms with E-state index in [0.717, 1.165) is 30.4 Å². The number of carbonyl (C=O) groups excluding carboxylic acids is 2. The topological polar surface area (TPSA) is 143 Å². The van der Waals surface area contributed by atoms with E-state index >= 15 is 0 Å². The zero-order valence-corrected chi connectivity index (χ0v) is 27.5. The Bertz CT molecular complexity index is 1410. The summed E-state index contributed by atoms with van der Waals surface area (Å²) in [5.41, 5.74) is 0.708. The fourth-order valence-electron chi connectivity index (χ4n) is 9.99. The second-order valence-electron chi connectivity index (χ2n) is 15.1. The van der Waals surface area contributed by atoms with Gasteiger partial charge in [-0.05, 0) is 90.4 Å². The molecule has 46 heavy (non-hydrogen) atoms. The Morgan fingerprint density at radius 1 is 1.17 bits per heavy atom. The first kappa shape index (κ1) is 33.0. The molecule has 3 saturated carbocycles. The molecule has 0 unspecified atom stereocenters. The number of carboxylic acid groups (broad SMARTS) is 1. The molecule has 5 aliphatic rings. The molecule has 1 aromatic rings. The van der Waals surface area contributed by atoms with E-state index in [-0.39, 0.29) is 48.1 Å². The highest BCUT2D eigenvalue weighted by molar-refractivity contribution is 6.61. The molecule has 1 aromatic carbocycles. The van der Waals surface area contributed by atoms with Gasteiger partial charge in [0.1, 0.15) is 17.6 Å². The summed E-state index contributed by atoms with van der Waals surface area (Å²) in [6.07, 6.45) is 4.04. The standard InChI is InChI=1S/C35H48BNO9/c1-6-33(4)17-28(34(5)20(2)7-11-35(21(3)31(33)40)12-8-27(38)30(34)35)46-29(39)19-44-23-15-24(25-18-45-36(43)26(25)16-23)22-9-13-37(14-10-22)32(41)42/h6,15-16,20-22,28,30-31,40,43H,1,7-14,17-19H2,2-5H3,(H,41,42)/t20-,21+,28-,30+,31+,33-,34+,35+/m1/s1. The summed E-state index contributed by atoms with van der Waals surface area (Å²) >= 11 is 0. The molecule has 0 aromatic heterocycles. The van der Waals surface area contributed by atoms with E-state index in [1.165, 1.54) is 4.90 Å². The van der Waals surface area contributed by atoms with Crippen molar-refractivity contribution in [3.63, 3.8) is 0 Å². The van der Waals surface area contributed by atoms with Crippen LogP contribution in [-0.2, 0) is 25.6 Å². The lowest BCUT2D eigenvalue weighted by Crippen LogP contribution is -2.63. The lowest BCUT2D eigenvalue weighted by molar-refractivity contribution is -0.207. The van der Waals surface area contributed by atoms with Crippen LogP contribution in [0.1, 0.15) is 89.7 Å². The van der Waals surface area contributed by atoms with Crippen LogP contribution in [-0.4, -0.2) is 77.0 Å². The van der Waals surface area contributed by atoms with Gasteiger partial charge in [-0.25, -0.2) is 9.59 Å². The molecule has 1 amide bonds. The molecule has 6 rings (SSSR count). The summed E-state index contributed by atoms with van der Waals surface area (Å²) in [5, 5.41) is 31.7. The molecule has 3 aliphatic carbocycles. The quantitative estimate of drug-likeness (QED) is 0.239. The fraction of sp³-hybridized carbons (Fsp3) is 0.686. The maximum Gasteiger partial charge on any atom is 0.491 e. The number of Topliss-reactive ketones (excluding diaryl/α,β-unsaturated/α-hetero) is 1. The SMILES string of the molecule is C=C[C@]1(C)C[C@@H](OC(=O)COc2cc3c(c(C4CCN(C(=O)O)CC4)c2)COB3O)[C@]2(C)[C@H](C)CC[C@]3(CCC(=O)[C@H]32)[C@@H](C)[C@@H]1O. The number of benzene rings is 1. The van der Waals surface area contributed by atoms with Gasteiger partial charge in [0.2, 0.25) is 0 Å². The highest BCUT2D eigenvalue weighted by Gasteiger charge is 2.68. The minimum absolute atomic E-state index is 0.0611. The van der Waals surface area contributed by atoms with Gasteiger partial charge in [-0.3, -0.25) is 4.79 Å². The monoisotopic (exact) mass is 637 g/mol.